The van der Waals surface area contributed by atoms with E-state index in [0.717, 1.165) is 28.3 Å². The number of ether oxygens (including phenoxy) is 1. The summed E-state index contributed by atoms with van der Waals surface area (Å²) in [5.41, 5.74) is 9.09. The van der Waals surface area contributed by atoms with Crippen molar-refractivity contribution in [2.24, 2.45) is 0 Å². The highest BCUT2D eigenvalue weighted by molar-refractivity contribution is 5.79. The fraction of sp³-hybridized carbons (Fsp3) is 0.300. The number of hydrogen-bond donors (Lipinski definition) is 1. The Bertz CT molecular complexity index is 1010. The maximum absolute atomic E-state index is 12.8. The van der Waals surface area contributed by atoms with Crippen molar-refractivity contribution in [2.45, 2.75) is 26.8 Å². The van der Waals surface area contributed by atoms with Crippen LogP contribution < -0.4 is 10.5 Å². The number of anilines is 1. The molecule has 2 heterocycles. The first kappa shape index (κ1) is 19.3. The van der Waals surface area contributed by atoms with Gasteiger partial charge in [-0.3, -0.25) is 4.79 Å². The van der Waals surface area contributed by atoms with E-state index >= 15 is 0 Å². The summed E-state index contributed by atoms with van der Waals surface area (Å²) in [6.45, 7) is 8.35. The number of aromatic nitrogens is 4. The molecule has 0 bridgehead atoms. The van der Waals surface area contributed by atoms with Crippen LogP contribution in [0.2, 0.25) is 0 Å². The number of nitrogen functional groups attached to an aromatic ring is 1. The standard InChI is InChI=1S/C20H24N6O2/c1-5-10-28-16-8-6-15(7-9-16)12-25(4)18(27)11-17-13(2)22-20-23-19(21)24-26(20)14(17)3/h5-9H,1,10-12H2,2-4H3,(H2,21,24). The molecule has 0 unspecified atom stereocenters. The van der Waals surface area contributed by atoms with E-state index in [-0.39, 0.29) is 18.3 Å². The molecular formula is C20H24N6O2. The highest BCUT2D eigenvalue weighted by Crippen LogP contribution is 2.17. The van der Waals surface area contributed by atoms with Gasteiger partial charge in [0.05, 0.1) is 6.42 Å². The Morgan fingerprint density at radius 3 is 2.68 bits per heavy atom. The van der Waals surface area contributed by atoms with Gasteiger partial charge in [-0.05, 0) is 31.5 Å². The van der Waals surface area contributed by atoms with Gasteiger partial charge in [0.2, 0.25) is 11.9 Å². The normalized spacial score (nSPS) is 10.8. The number of fused-ring (bicyclic) bond motifs is 1. The van der Waals surface area contributed by atoms with E-state index in [1.165, 1.54) is 0 Å². The quantitative estimate of drug-likeness (QED) is 0.630. The van der Waals surface area contributed by atoms with Crippen molar-refractivity contribution in [1.29, 1.82) is 0 Å². The van der Waals surface area contributed by atoms with Crippen LogP contribution in [0.3, 0.4) is 0 Å². The van der Waals surface area contributed by atoms with Crippen LogP contribution in [0.15, 0.2) is 36.9 Å². The third-order valence-electron chi connectivity index (χ3n) is 4.53. The van der Waals surface area contributed by atoms with Crippen LogP contribution in [-0.2, 0) is 17.8 Å². The number of amides is 1. The Labute approximate surface area is 163 Å². The number of likely N-dealkylation sites (N-methyl/N-ethyl adjacent to an activating group) is 1. The lowest BCUT2D eigenvalue weighted by Gasteiger charge is -2.19. The minimum absolute atomic E-state index is 0.00702. The Kier molecular flexibility index (Phi) is 5.58. The number of carbonyl (C=O) groups excluding carboxylic acids is 1. The first-order valence-corrected chi connectivity index (χ1v) is 8.94. The number of nitrogens with two attached hydrogens (primary N) is 1. The molecule has 2 aromatic heterocycles. The second-order valence-corrected chi connectivity index (χ2v) is 6.61. The maximum atomic E-state index is 12.8. The highest BCUT2D eigenvalue weighted by atomic mass is 16.5. The number of benzene rings is 1. The summed E-state index contributed by atoms with van der Waals surface area (Å²) >= 11 is 0. The maximum Gasteiger partial charge on any atom is 0.254 e. The molecule has 3 rings (SSSR count). The van der Waals surface area contributed by atoms with Crippen LogP contribution in [0, 0.1) is 13.8 Å². The fourth-order valence-corrected chi connectivity index (χ4v) is 2.97. The molecule has 3 aromatic rings. The lowest BCUT2D eigenvalue weighted by molar-refractivity contribution is -0.129. The molecule has 0 aliphatic carbocycles. The van der Waals surface area contributed by atoms with E-state index < -0.39 is 0 Å². The highest BCUT2D eigenvalue weighted by Gasteiger charge is 2.17. The molecule has 8 nitrogen and oxygen atoms in total. The summed E-state index contributed by atoms with van der Waals surface area (Å²) in [5, 5.41) is 4.14. The van der Waals surface area contributed by atoms with Crippen LogP contribution in [-0.4, -0.2) is 44.0 Å². The van der Waals surface area contributed by atoms with Crippen molar-refractivity contribution in [3.05, 3.63) is 59.4 Å². The van der Waals surface area contributed by atoms with Gasteiger partial charge in [0, 0.05) is 30.5 Å². The minimum Gasteiger partial charge on any atom is -0.490 e. The number of carbonyl (C=O) groups is 1. The average molecular weight is 380 g/mol. The third-order valence-corrected chi connectivity index (χ3v) is 4.53. The van der Waals surface area contributed by atoms with Gasteiger partial charge in [0.15, 0.2) is 0 Å². The lowest BCUT2D eigenvalue weighted by atomic mass is 10.1. The Morgan fingerprint density at radius 1 is 1.29 bits per heavy atom. The molecule has 2 N–H and O–H groups in total. The molecular weight excluding hydrogens is 356 g/mol. The first-order chi connectivity index (χ1) is 13.4. The zero-order chi connectivity index (χ0) is 20.3. The molecule has 0 radical (unpaired) electrons. The first-order valence-electron chi connectivity index (χ1n) is 8.94. The second kappa shape index (κ2) is 8.08. The van der Waals surface area contributed by atoms with E-state index in [2.05, 4.69) is 21.6 Å². The zero-order valence-corrected chi connectivity index (χ0v) is 16.3. The van der Waals surface area contributed by atoms with E-state index in [4.69, 9.17) is 10.5 Å². The summed E-state index contributed by atoms with van der Waals surface area (Å²) in [6, 6.07) is 7.67. The largest absolute Gasteiger partial charge is 0.490 e. The van der Waals surface area contributed by atoms with E-state index in [1.807, 2.05) is 38.1 Å². The fourth-order valence-electron chi connectivity index (χ4n) is 2.97. The van der Waals surface area contributed by atoms with E-state index in [1.54, 1.807) is 22.5 Å². The zero-order valence-electron chi connectivity index (χ0n) is 16.3. The molecule has 8 heteroatoms. The van der Waals surface area contributed by atoms with Crippen LogP contribution in [0.25, 0.3) is 5.78 Å². The molecule has 0 spiro atoms. The Hall–Kier alpha value is -3.42. The number of hydrogen-bond acceptors (Lipinski definition) is 6. The van der Waals surface area contributed by atoms with Crippen molar-refractivity contribution in [3.8, 4) is 5.75 Å². The van der Waals surface area contributed by atoms with E-state index in [0.29, 0.717) is 18.9 Å². The van der Waals surface area contributed by atoms with Crippen LogP contribution in [0.4, 0.5) is 5.95 Å². The molecule has 0 fully saturated rings. The van der Waals surface area contributed by atoms with Crippen LogP contribution in [0.5, 0.6) is 5.75 Å². The number of aryl methyl sites for hydroxylation is 2. The third kappa shape index (κ3) is 4.11. The van der Waals surface area contributed by atoms with Gasteiger partial charge in [-0.2, -0.15) is 9.50 Å². The van der Waals surface area contributed by atoms with Gasteiger partial charge in [-0.15, -0.1) is 5.10 Å². The van der Waals surface area contributed by atoms with Gasteiger partial charge >= 0.3 is 0 Å². The molecule has 0 saturated heterocycles. The Balaban J connectivity index is 1.70. The van der Waals surface area contributed by atoms with Gasteiger partial charge in [-0.25, -0.2) is 4.98 Å². The molecule has 1 amide bonds. The number of rotatable bonds is 7. The summed E-state index contributed by atoms with van der Waals surface area (Å²) in [4.78, 5) is 22.9. The smallest absolute Gasteiger partial charge is 0.254 e. The average Bonchev–Trinajstić information content (AvgIpc) is 3.04. The van der Waals surface area contributed by atoms with Crippen LogP contribution >= 0.6 is 0 Å². The lowest BCUT2D eigenvalue weighted by Crippen LogP contribution is -2.28. The van der Waals surface area contributed by atoms with Gasteiger partial charge in [0.25, 0.3) is 5.78 Å². The predicted octanol–water partition coefficient (Wildman–Crippen LogP) is 2.09. The minimum atomic E-state index is -0.00702. The van der Waals surface area contributed by atoms with Crippen molar-refractivity contribution in [3.63, 3.8) is 0 Å². The van der Waals surface area contributed by atoms with Gasteiger partial charge in [-0.1, -0.05) is 24.8 Å². The summed E-state index contributed by atoms with van der Waals surface area (Å²) < 4.78 is 7.05. The SMILES string of the molecule is C=CCOc1ccc(CN(C)C(=O)Cc2c(C)nc3nc(N)nn3c2C)cc1. The molecule has 0 aliphatic heterocycles. The topological polar surface area (TPSA) is 98.6 Å². The summed E-state index contributed by atoms with van der Waals surface area (Å²) in [6.07, 6.45) is 1.93. The second-order valence-electron chi connectivity index (χ2n) is 6.61. The predicted molar refractivity (Wildman–Crippen MR) is 107 cm³/mol. The van der Waals surface area contributed by atoms with Crippen molar-refractivity contribution in [2.75, 3.05) is 19.4 Å². The van der Waals surface area contributed by atoms with E-state index in [9.17, 15) is 4.79 Å². The van der Waals surface area contributed by atoms with Crippen molar-refractivity contribution < 1.29 is 9.53 Å². The molecule has 28 heavy (non-hydrogen) atoms. The molecule has 0 aliphatic rings. The van der Waals surface area contributed by atoms with Gasteiger partial charge in [0.1, 0.15) is 12.4 Å². The molecule has 1 aromatic carbocycles. The Morgan fingerprint density at radius 2 is 2.00 bits per heavy atom. The van der Waals surface area contributed by atoms with Gasteiger partial charge < -0.3 is 15.4 Å². The number of nitrogens with zero attached hydrogens (tertiary/aromatic N) is 5. The molecule has 0 saturated carbocycles. The summed E-state index contributed by atoms with van der Waals surface area (Å²) in [5.74, 6) is 1.37. The van der Waals surface area contributed by atoms with Crippen molar-refractivity contribution in [1.82, 2.24) is 24.5 Å². The van der Waals surface area contributed by atoms with Crippen molar-refractivity contribution >= 4 is 17.6 Å². The van der Waals surface area contributed by atoms with Crippen LogP contribution in [0.1, 0.15) is 22.5 Å². The summed E-state index contributed by atoms with van der Waals surface area (Å²) in [7, 11) is 1.79. The monoisotopic (exact) mass is 380 g/mol. The molecule has 146 valence electrons. The molecule has 0 atom stereocenters.